The van der Waals surface area contributed by atoms with Crippen LogP contribution in [0.25, 0.3) is 11.0 Å². The van der Waals surface area contributed by atoms with Gasteiger partial charge in [-0.2, -0.15) is 0 Å². The number of anilines is 1. The number of hydrogen-bond donors (Lipinski definition) is 3. The second-order valence-electron chi connectivity index (χ2n) is 6.86. The fraction of sp³-hybridized carbons (Fsp3) is 0.0455. The van der Waals surface area contributed by atoms with Crippen molar-refractivity contribution < 1.29 is 13.6 Å². The first kappa shape index (κ1) is 21.3. The van der Waals surface area contributed by atoms with Gasteiger partial charge >= 0.3 is 5.69 Å². The van der Waals surface area contributed by atoms with Crippen molar-refractivity contribution in [2.45, 2.75) is 0 Å². The number of aromatic amines is 1. The maximum Gasteiger partial charge on any atom is 0.326 e. The molecular formula is C22H16ClF2N5O2. The standard InChI is InChI=1S/C22H16ClF2N5O2/c1-30-19-11-15(7-9-18(19)28-22(30)32)26-21(27-17-8-4-13(23)10-16(17)25)29-20(31)12-2-5-14(24)6-3-12/h2-11H,1H3,(H,28,32)(H2,26,27,29,31). The highest BCUT2D eigenvalue weighted by Gasteiger charge is 2.13. The normalized spacial score (nSPS) is 11.6. The van der Waals surface area contributed by atoms with Gasteiger partial charge in [-0.15, -0.1) is 0 Å². The average molecular weight is 456 g/mol. The van der Waals surface area contributed by atoms with Crippen molar-refractivity contribution in [3.8, 4) is 0 Å². The maximum absolute atomic E-state index is 14.3. The van der Waals surface area contributed by atoms with Crippen molar-refractivity contribution in [3.63, 3.8) is 0 Å². The fourth-order valence-electron chi connectivity index (χ4n) is 3.00. The molecule has 0 aliphatic carbocycles. The monoisotopic (exact) mass is 455 g/mol. The van der Waals surface area contributed by atoms with E-state index in [1.54, 1.807) is 25.2 Å². The first-order valence-corrected chi connectivity index (χ1v) is 9.74. The van der Waals surface area contributed by atoms with E-state index in [0.717, 1.165) is 18.2 Å². The molecule has 4 rings (SSSR count). The highest BCUT2D eigenvalue weighted by atomic mass is 35.5. The zero-order valence-corrected chi connectivity index (χ0v) is 17.4. The van der Waals surface area contributed by atoms with Crippen molar-refractivity contribution in [1.82, 2.24) is 14.9 Å². The number of benzene rings is 3. The second-order valence-corrected chi connectivity index (χ2v) is 7.30. The van der Waals surface area contributed by atoms with E-state index in [-0.39, 0.29) is 27.9 Å². The fourth-order valence-corrected chi connectivity index (χ4v) is 3.16. The van der Waals surface area contributed by atoms with E-state index in [4.69, 9.17) is 11.6 Å². The lowest BCUT2D eigenvalue weighted by Gasteiger charge is -2.12. The minimum Gasteiger partial charge on any atom is -0.326 e. The van der Waals surface area contributed by atoms with Crippen molar-refractivity contribution in [1.29, 1.82) is 0 Å². The molecule has 3 N–H and O–H groups in total. The first-order chi connectivity index (χ1) is 15.3. The van der Waals surface area contributed by atoms with Crippen LogP contribution in [0.3, 0.4) is 0 Å². The molecule has 0 saturated carbocycles. The van der Waals surface area contributed by atoms with Crippen molar-refractivity contribution in [2.24, 2.45) is 12.0 Å². The molecule has 10 heteroatoms. The van der Waals surface area contributed by atoms with E-state index in [2.05, 4.69) is 20.6 Å². The molecule has 1 amide bonds. The van der Waals surface area contributed by atoms with Gasteiger partial charge in [-0.1, -0.05) is 11.6 Å². The number of rotatable bonds is 3. The lowest BCUT2D eigenvalue weighted by atomic mass is 10.2. The largest absolute Gasteiger partial charge is 0.326 e. The first-order valence-electron chi connectivity index (χ1n) is 9.36. The predicted molar refractivity (Wildman–Crippen MR) is 120 cm³/mol. The lowest BCUT2D eigenvalue weighted by molar-refractivity contribution is 0.0977. The summed E-state index contributed by atoms with van der Waals surface area (Å²) in [4.78, 5) is 31.3. The number of aliphatic imine (C=N–C) groups is 1. The van der Waals surface area contributed by atoms with Gasteiger partial charge in [-0.3, -0.25) is 14.7 Å². The summed E-state index contributed by atoms with van der Waals surface area (Å²) in [6.07, 6.45) is 0. The summed E-state index contributed by atoms with van der Waals surface area (Å²) in [5, 5.41) is 5.69. The minimum atomic E-state index is -0.684. The van der Waals surface area contributed by atoms with Gasteiger partial charge < -0.3 is 10.3 Å². The van der Waals surface area contributed by atoms with Gasteiger partial charge in [0, 0.05) is 23.3 Å². The van der Waals surface area contributed by atoms with E-state index in [1.165, 1.54) is 28.8 Å². The predicted octanol–water partition coefficient (Wildman–Crippen LogP) is 4.33. The van der Waals surface area contributed by atoms with Crippen LogP contribution in [0.5, 0.6) is 0 Å². The number of hydrogen-bond acceptors (Lipinski definition) is 3. The van der Waals surface area contributed by atoms with Crippen LogP contribution in [0, 0.1) is 11.6 Å². The van der Waals surface area contributed by atoms with Gasteiger partial charge in [-0.25, -0.2) is 18.6 Å². The van der Waals surface area contributed by atoms with Gasteiger partial charge in [0.05, 0.1) is 11.0 Å². The van der Waals surface area contributed by atoms with Crippen LogP contribution >= 0.6 is 11.6 Å². The Kier molecular flexibility index (Phi) is 5.74. The molecule has 0 aliphatic rings. The van der Waals surface area contributed by atoms with Gasteiger partial charge in [0.15, 0.2) is 0 Å². The van der Waals surface area contributed by atoms with Gasteiger partial charge in [0.2, 0.25) is 5.96 Å². The van der Waals surface area contributed by atoms with Crippen LogP contribution in [0.15, 0.2) is 70.5 Å². The Morgan fingerprint density at radius 2 is 1.81 bits per heavy atom. The van der Waals surface area contributed by atoms with Crippen molar-refractivity contribution in [2.75, 3.05) is 5.32 Å². The number of nitrogens with zero attached hydrogens (tertiary/aromatic N) is 2. The van der Waals surface area contributed by atoms with Gasteiger partial charge in [0.1, 0.15) is 17.3 Å². The quantitative estimate of drug-likeness (QED) is 0.317. The molecule has 4 aromatic rings. The average Bonchev–Trinajstić information content (AvgIpc) is 3.04. The summed E-state index contributed by atoms with van der Waals surface area (Å²) < 4.78 is 28.9. The molecule has 0 saturated heterocycles. The number of carbonyl (C=O) groups is 1. The van der Waals surface area contributed by atoms with Crippen LogP contribution in [-0.2, 0) is 7.05 Å². The molecule has 0 atom stereocenters. The number of amides is 1. The highest BCUT2D eigenvalue weighted by molar-refractivity contribution is 6.30. The molecular weight excluding hydrogens is 440 g/mol. The minimum absolute atomic E-state index is 0.0635. The Hall–Kier alpha value is -3.98. The molecule has 3 aromatic carbocycles. The zero-order valence-electron chi connectivity index (χ0n) is 16.6. The van der Waals surface area contributed by atoms with E-state index in [0.29, 0.717) is 16.7 Å². The Morgan fingerprint density at radius 3 is 2.53 bits per heavy atom. The number of aromatic nitrogens is 2. The topological polar surface area (TPSA) is 91.3 Å². The highest BCUT2D eigenvalue weighted by Crippen LogP contribution is 2.22. The van der Waals surface area contributed by atoms with E-state index in [1.807, 2.05) is 0 Å². The summed E-state index contributed by atoms with van der Waals surface area (Å²) >= 11 is 5.80. The smallest absolute Gasteiger partial charge is 0.326 e. The Bertz CT molecular complexity index is 1410. The Labute approximate surface area is 185 Å². The molecule has 1 aromatic heterocycles. The molecule has 7 nitrogen and oxygen atoms in total. The molecule has 1 heterocycles. The number of imidazole rings is 1. The van der Waals surface area contributed by atoms with Crippen molar-refractivity contribution >= 4 is 45.9 Å². The SMILES string of the molecule is Cn1c(=O)[nH]c2ccc(NC(=Nc3ccc(Cl)cc3F)NC(=O)c3ccc(F)cc3)cc21. The number of H-pyrrole nitrogens is 1. The molecule has 0 radical (unpaired) electrons. The summed E-state index contributed by atoms with van der Waals surface area (Å²) in [7, 11) is 1.61. The number of aryl methyl sites for hydroxylation is 1. The summed E-state index contributed by atoms with van der Waals surface area (Å²) in [5.74, 6) is -1.83. The molecule has 0 spiro atoms. The van der Waals surface area contributed by atoms with E-state index >= 15 is 0 Å². The van der Waals surface area contributed by atoms with Crippen LogP contribution < -0.4 is 16.3 Å². The Morgan fingerprint density at radius 1 is 1.06 bits per heavy atom. The van der Waals surface area contributed by atoms with Crippen LogP contribution in [-0.4, -0.2) is 21.4 Å². The summed E-state index contributed by atoms with van der Waals surface area (Å²) in [5.41, 5.74) is 1.56. The van der Waals surface area contributed by atoms with Crippen LogP contribution in [0.4, 0.5) is 20.2 Å². The van der Waals surface area contributed by atoms with Gasteiger partial charge in [0.25, 0.3) is 5.91 Å². The third-order valence-corrected chi connectivity index (χ3v) is 4.88. The van der Waals surface area contributed by atoms with Crippen LogP contribution in [0.2, 0.25) is 5.02 Å². The number of guanidine groups is 1. The third kappa shape index (κ3) is 4.52. The molecule has 32 heavy (non-hydrogen) atoms. The number of halogens is 3. The van der Waals surface area contributed by atoms with E-state index < -0.39 is 17.5 Å². The number of nitrogens with one attached hydrogen (secondary N) is 3. The summed E-state index contributed by atoms with van der Waals surface area (Å²) in [6.45, 7) is 0. The van der Waals surface area contributed by atoms with Gasteiger partial charge in [-0.05, 0) is 60.7 Å². The second kappa shape index (κ2) is 8.64. The molecule has 0 aliphatic heterocycles. The lowest BCUT2D eigenvalue weighted by Crippen LogP contribution is -2.35. The Balaban J connectivity index is 1.70. The maximum atomic E-state index is 14.3. The van der Waals surface area contributed by atoms with E-state index in [9.17, 15) is 18.4 Å². The number of carbonyl (C=O) groups excluding carboxylic acids is 1. The molecule has 0 fully saturated rings. The number of fused-ring (bicyclic) bond motifs is 1. The third-order valence-electron chi connectivity index (χ3n) is 4.65. The molecule has 162 valence electrons. The summed E-state index contributed by atoms with van der Waals surface area (Å²) in [6, 6.07) is 13.9. The molecule has 0 unspecified atom stereocenters. The van der Waals surface area contributed by atoms with Crippen LogP contribution in [0.1, 0.15) is 10.4 Å². The zero-order chi connectivity index (χ0) is 22.8. The van der Waals surface area contributed by atoms with Crippen molar-refractivity contribution in [3.05, 3.63) is 93.4 Å². The molecule has 0 bridgehead atoms.